The minimum atomic E-state index is -0.552. The smallest absolute Gasteiger partial charge is 0.309 e. The molecule has 0 amide bonds. The average Bonchev–Trinajstić information content (AvgIpc) is 2.77. The lowest BCUT2D eigenvalue weighted by molar-refractivity contribution is -0.161. The molecule has 1 heterocycles. The molecule has 1 saturated heterocycles. The zero-order valence-electron chi connectivity index (χ0n) is 14.0. The van der Waals surface area contributed by atoms with Crippen molar-refractivity contribution in [1.29, 1.82) is 0 Å². The number of rotatable bonds is 7. The molecule has 120 valence electrons. The first kappa shape index (κ1) is 19.4. The van der Waals surface area contributed by atoms with Gasteiger partial charge in [-0.15, -0.1) is 0 Å². The van der Waals surface area contributed by atoms with Gasteiger partial charge in [0.15, 0.2) is 5.79 Å². The molecule has 0 aromatic rings. The maximum Gasteiger partial charge on any atom is 0.309 e. The van der Waals surface area contributed by atoms with Crippen molar-refractivity contribution in [1.82, 2.24) is 0 Å². The molecule has 0 aromatic heterocycles. The molecule has 1 aliphatic heterocycles. The summed E-state index contributed by atoms with van der Waals surface area (Å²) in [7, 11) is 0. The SMILES string of the molecule is CC.CCCC(CCC)C(=O)OCC1COC(C)(C)O1. The molecule has 0 aromatic carbocycles. The van der Waals surface area contributed by atoms with E-state index in [1.807, 2.05) is 27.7 Å². The Hall–Kier alpha value is -0.610. The molecular formula is C16H32O4. The van der Waals surface area contributed by atoms with E-state index in [1.54, 1.807) is 0 Å². The van der Waals surface area contributed by atoms with E-state index in [1.165, 1.54) is 0 Å². The van der Waals surface area contributed by atoms with Gasteiger partial charge in [0.25, 0.3) is 0 Å². The van der Waals surface area contributed by atoms with Crippen molar-refractivity contribution in [2.24, 2.45) is 5.92 Å². The highest BCUT2D eigenvalue weighted by atomic mass is 16.7. The van der Waals surface area contributed by atoms with Crippen LogP contribution in [-0.2, 0) is 19.0 Å². The summed E-state index contributed by atoms with van der Waals surface area (Å²) in [5.41, 5.74) is 0. The van der Waals surface area contributed by atoms with Gasteiger partial charge in [0.1, 0.15) is 12.7 Å². The van der Waals surface area contributed by atoms with Crippen molar-refractivity contribution < 1.29 is 19.0 Å². The summed E-state index contributed by atoms with van der Waals surface area (Å²) in [4.78, 5) is 11.9. The van der Waals surface area contributed by atoms with Gasteiger partial charge in [0.05, 0.1) is 12.5 Å². The molecular weight excluding hydrogens is 256 g/mol. The average molecular weight is 288 g/mol. The number of carbonyl (C=O) groups excluding carboxylic acids is 1. The standard InChI is InChI=1S/C14H26O4.C2H6/c1-5-7-11(8-6-2)13(15)16-9-12-10-17-14(3,4)18-12;1-2/h11-12H,5-10H2,1-4H3;1-2H3. The fraction of sp³-hybridized carbons (Fsp3) is 0.938. The molecule has 1 aliphatic rings. The summed E-state index contributed by atoms with van der Waals surface area (Å²) in [6, 6.07) is 0. The molecule has 0 saturated carbocycles. The monoisotopic (exact) mass is 288 g/mol. The van der Waals surface area contributed by atoms with Gasteiger partial charge in [-0.25, -0.2) is 0 Å². The summed E-state index contributed by atoms with van der Waals surface area (Å²) in [6.45, 7) is 12.7. The lowest BCUT2D eigenvalue weighted by atomic mass is 9.99. The zero-order chi connectivity index (χ0) is 15.6. The Bertz CT molecular complexity index is 257. The molecule has 1 atom stereocenters. The minimum Gasteiger partial charge on any atom is -0.463 e. The summed E-state index contributed by atoms with van der Waals surface area (Å²) < 4.78 is 16.4. The van der Waals surface area contributed by atoms with Gasteiger partial charge < -0.3 is 14.2 Å². The second kappa shape index (κ2) is 10.2. The Balaban J connectivity index is 0.00000172. The van der Waals surface area contributed by atoms with Crippen LogP contribution in [0.2, 0.25) is 0 Å². The van der Waals surface area contributed by atoms with Crippen LogP contribution in [0.15, 0.2) is 0 Å². The Kier molecular flexibility index (Phi) is 9.86. The van der Waals surface area contributed by atoms with Crippen molar-refractivity contribution in [3.63, 3.8) is 0 Å². The van der Waals surface area contributed by atoms with Gasteiger partial charge in [-0.1, -0.05) is 40.5 Å². The number of esters is 1. The number of hydrogen-bond acceptors (Lipinski definition) is 4. The third-order valence-corrected chi connectivity index (χ3v) is 3.09. The number of hydrogen-bond donors (Lipinski definition) is 0. The molecule has 0 N–H and O–H groups in total. The maximum atomic E-state index is 11.9. The molecule has 1 fully saturated rings. The van der Waals surface area contributed by atoms with Crippen LogP contribution in [0.3, 0.4) is 0 Å². The summed E-state index contributed by atoms with van der Waals surface area (Å²) >= 11 is 0. The largest absolute Gasteiger partial charge is 0.463 e. The van der Waals surface area contributed by atoms with E-state index in [9.17, 15) is 4.79 Å². The van der Waals surface area contributed by atoms with Crippen LogP contribution in [-0.4, -0.2) is 31.1 Å². The first-order chi connectivity index (χ1) is 9.48. The Morgan fingerprint density at radius 3 is 2.20 bits per heavy atom. The van der Waals surface area contributed by atoms with Gasteiger partial charge in [-0.3, -0.25) is 4.79 Å². The summed E-state index contributed by atoms with van der Waals surface area (Å²) in [5.74, 6) is -0.606. The Morgan fingerprint density at radius 2 is 1.80 bits per heavy atom. The van der Waals surface area contributed by atoms with Gasteiger partial charge in [-0.05, 0) is 26.7 Å². The van der Waals surface area contributed by atoms with Crippen LogP contribution < -0.4 is 0 Å². The Morgan fingerprint density at radius 1 is 1.25 bits per heavy atom. The van der Waals surface area contributed by atoms with E-state index in [0.717, 1.165) is 25.7 Å². The highest BCUT2D eigenvalue weighted by Gasteiger charge is 2.33. The number of carbonyl (C=O) groups is 1. The molecule has 1 rings (SSSR count). The van der Waals surface area contributed by atoms with Crippen molar-refractivity contribution in [3.8, 4) is 0 Å². The molecule has 1 unspecified atom stereocenters. The first-order valence-corrected chi connectivity index (χ1v) is 7.97. The molecule has 0 spiro atoms. The maximum absolute atomic E-state index is 11.9. The molecule has 20 heavy (non-hydrogen) atoms. The lowest BCUT2D eigenvalue weighted by Crippen LogP contribution is -2.27. The third-order valence-electron chi connectivity index (χ3n) is 3.09. The molecule has 0 bridgehead atoms. The summed E-state index contributed by atoms with van der Waals surface area (Å²) in [6.07, 6.45) is 3.69. The van der Waals surface area contributed by atoms with E-state index in [4.69, 9.17) is 14.2 Å². The predicted molar refractivity (Wildman–Crippen MR) is 80.5 cm³/mol. The highest BCUT2D eigenvalue weighted by molar-refractivity contribution is 5.72. The molecule has 4 nitrogen and oxygen atoms in total. The van der Waals surface area contributed by atoms with Crippen LogP contribution >= 0.6 is 0 Å². The van der Waals surface area contributed by atoms with Crippen LogP contribution in [0.4, 0.5) is 0 Å². The second-order valence-corrected chi connectivity index (χ2v) is 5.36. The fourth-order valence-corrected chi connectivity index (χ4v) is 2.22. The Labute approximate surface area is 124 Å². The molecule has 0 radical (unpaired) electrons. The van der Waals surface area contributed by atoms with Gasteiger partial charge in [0, 0.05) is 0 Å². The van der Waals surface area contributed by atoms with Crippen LogP contribution in [0, 0.1) is 5.92 Å². The van der Waals surface area contributed by atoms with E-state index < -0.39 is 5.79 Å². The van der Waals surface area contributed by atoms with Crippen molar-refractivity contribution in [3.05, 3.63) is 0 Å². The second-order valence-electron chi connectivity index (χ2n) is 5.36. The quantitative estimate of drug-likeness (QED) is 0.666. The van der Waals surface area contributed by atoms with E-state index in [-0.39, 0.29) is 18.0 Å². The van der Waals surface area contributed by atoms with Gasteiger partial charge in [-0.2, -0.15) is 0 Å². The third kappa shape index (κ3) is 7.25. The highest BCUT2D eigenvalue weighted by Crippen LogP contribution is 2.23. The molecule has 0 aliphatic carbocycles. The first-order valence-electron chi connectivity index (χ1n) is 7.97. The van der Waals surface area contributed by atoms with E-state index in [2.05, 4.69) is 13.8 Å². The molecule has 4 heteroatoms. The summed E-state index contributed by atoms with van der Waals surface area (Å²) in [5, 5.41) is 0. The van der Waals surface area contributed by atoms with Crippen molar-refractivity contribution in [2.75, 3.05) is 13.2 Å². The van der Waals surface area contributed by atoms with Gasteiger partial charge >= 0.3 is 5.97 Å². The van der Waals surface area contributed by atoms with Crippen LogP contribution in [0.25, 0.3) is 0 Å². The van der Waals surface area contributed by atoms with Crippen molar-refractivity contribution >= 4 is 5.97 Å². The normalized spacial score (nSPS) is 20.4. The predicted octanol–water partition coefficient (Wildman–Crippen LogP) is 3.92. The fourth-order valence-electron chi connectivity index (χ4n) is 2.22. The lowest BCUT2D eigenvalue weighted by Gasteiger charge is -2.18. The van der Waals surface area contributed by atoms with Crippen LogP contribution in [0.1, 0.15) is 67.2 Å². The minimum absolute atomic E-state index is 0.0373. The van der Waals surface area contributed by atoms with E-state index in [0.29, 0.717) is 13.2 Å². The topological polar surface area (TPSA) is 44.8 Å². The van der Waals surface area contributed by atoms with Crippen LogP contribution in [0.5, 0.6) is 0 Å². The van der Waals surface area contributed by atoms with E-state index >= 15 is 0 Å². The number of ether oxygens (including phenoxy) is 3. The zero-order valence-corrected chi connectivity index (χ0v) is 14.0. The van der Waals surface area contributed by atoms with Gasteiger partial charge in [0.2, 0.25) is 0 Å². The van der Waals surface area contributed by atoms with Crippen molar-refractivity contribution in [2.45, 2.75) is 79.1 Å².